The molecule has 1 aliphatic rings. The molecule has 1 aromatic carbocycles. The van der Waals surface area contributed by atoms with Crippen LogP contribution in [0.5, 0.6) is 0 Å². The maximum absolute atomic E-state index is 12.4. The molecule has 2 amide bonds. The van der Waals surface area contributed by atoms with E-state index in [1.54, 1.807) is 42.5 Å². The number of carbonyl (C=O) groups is 2. The van der Waals surface area contributed by atoms with Crippen LogP contribution in [-0.2, 0) is 4.74 Å². The fourth-order valence-electron chi connectivity index (χ4n) is 2.69. The van der Waals surface area contributed by atoms with E-state index in [0.717, 1.165) is 32.8 Å². The summed E-state index contributed by atoms with van der Waals surface area (Å²) in [5, 5.41) is 6.07. The molecule has 2 heterocycles. The number of halogens is 1. The topological polar surface area (TPSA) is 83.6 Å². The summed E-state index contributed by atoms with van der Waals surface area (Å²) in [7, 11) is 0. The molecule has 3 rings (SSSR count). The van der Waals surface area contributed by atoms with Crippen molar-refractivity contribution in [1.82, 2.24) is 15.2 Å². The molecule has 7 nitrogen and oxygen atoms in total. The summed E-state index contributed by atoms with van der Waals surface area (Å²) in [4.78, 5) is 31.0. The summed E-state index contributed by atoms with van der Waals surface area (Å²) in [5.74, 6) is -0.708. The van der Waals surface area contributed by atoms with Crippen molar-refractivity contribution in [3.63, 3.8) is 0 Å². The Morgan fingerprint density at radius 2 is 1.78 bits per heavy atom. The van der Waals surface area contributed by atoms with Crippen LogP contribution in [0.2, 0.25) is 5.02 Å². The summed E-state index contributed by atoms with van der Waals surface area (Å²) in [5.41, 5.74) is 0.932. The van der Waals surface area contributed by atoms with E-state index in [1.807, 2.05) is 0 Å². The van der Waals surface area contributed by atoms with Crippen LogP contribution in [0.1, 0.15) is 21.0 Å². The molecule has 27 heavy (non-hydrogen) atoms. The minimum Gasteiger partial charge on any atom is -0.379 e. The third-order valence-electron chi connectivity index (χ3n) is 4.11. The maximum atomic E-state index is 12.4. The number of nitrogens with one attached hydrogen (secondary N) is 2. The largest absolute Gasteiger partial charge is 0.379 e. The van der Waals surface area contributed by atoms with Crippen LogP contribution >= 0.6 is 11.6 Å². The van der Waals surface area contributed by atoms with Gasteiger partial charge in [-0.25, -0.2) is 4.98 Å². The zero-order chi connectivity index (χ0) is 19.1. The third-order valence-corrected chi connectivity index (χ3v) is 4.35. The van der Waals surface area contributed by atoms with Gasteiger partial charge in [0.25, 0.3) is 11.8 Å². The van der Waals surface area contributed by atoms with E-state index in [9.17, 15) is 9.59 Å². The summed E-state index contributed by atoms with van der Waals surface area (Å²) in [6, 6.07) is 11.6. The number of aromatic nitrogens is 1. The van der Waals surface area contributed by atoms with Crippen LogP contribution in [0, 0.1) is 0 Å². The summed E-state index contributed by atoms with van der Waals surface area (Å²) in [6.45, 7) is 4.45. The molecule has 2 N–H and O–H groups in total. The number of anilines is 1. The molecule has 1 saturated heterocycles. The Labute approximate surface area is 162 Å². The molecule has 0 spiro atoms. The van der Waals surface area contributed by atoms with Gasteiger partial charge in [0, 0.05) is 36.9 Å². The highest BCUT2D eigenvalue weighted by Gasteiger charge is 2.14. The number of rotatable bonds is 6. The predicted molar refractivity (Wildman–Crippen MR) is 103 cm³/mol. The van der Waals surface area contributed by atoms with Crippen molar-refractivity contribution in [2.24, 2.45) is 0 Å². The molecule has 0 atom stereocenters. The first-order chi connectivity index (χ1) is 13.1. The van der Waals surface area contributed by atoms with Gasteiger partial charge in [0.05, 0.1) is 13.2 Å². The number of carbonyl (C=O) groups excluding carboxylic acids is 2. The SMILES string of the molecule is O=C(NCCN1CCOCC1)c1cccc(C(=O)Nc2cccc(Cl)c2)n1. The molecule has 0 radical (unpaired) electrons. The minimum absolute atomic E-state index is 0.163. The number of ether oxygens (including phenoxy) is 1. The van der Waals surface area contributed by atoms with Gasteiger partial charge >= 0.3 is 0 Å². The molecular weight excluding hydrogens is 368 g/mol. The molecule has 1 aromatic heterocycles. The second-order valence-electron chi connectivity index (χ2n) is 6.08. The predicted octanol–water partition coefficient (Wildman–Crippen LogP) is 2.05. The molecule has 142 valence electrons. The van der Waals surface area contributed by atoms with Gasteiger partial charge < -0.3 is 15.4 Å². The van der Waals surface area contributed by atoms with E-state index < -0.39 is 5.91 Å². The first-order valence-corrected chi connectivity index (χ1v) is 9.12. The first-order valence-electron chi connectivity index (χ1n) is 8.74. The van der Waals surface area contributed by atoms with Gasteiger partial charge in [-0.2, -0.15) is 0 Å². The zero-order valence-corrected chi connectivity index (χ0v) is 15.5. The van der Waals surface area contributed by atoms with Crippen LogP contribution in [0.25, 0.3) is 0 Å². The molecule has 1 fully saturated rings. The Balaban J connectivity index is 1.55. The number of morpholine rings is 1. The molecule has 2 aromatic rings. The normalized spacial score (nSPS) is 14.6. The lowest BCUT2D eigenvalue weighted by atomic mass is 10.2. The van der Waals surface area contributed by atoms with E-state index in [4.69, 9.17) is 16.3 Å². The van der Waals surface area contributed by atoms with Crippen molar-refractivity contribution in [3.8, 4) is 0 Å². The van der Waals surface area contributed by atoms with E-state index >= 15 is 0 Å². The molecule has 0 saturated carbocycles. The van der Waals surface area contributed by atoms with Crippen molar-refractivity contribution in [2.45, 2.75) is 0 Å². The molecule has 8 heteroatoms. The van der Waals surface area contributed by atoms with Crippen LogP contribution in [0.3, 0.4) is 0 Å². The molecule has 0 aliphatic carbocycles. The van der Waals surface area contributed by atoms with Gasteiger partial charge in [-0.05, 0) is 30.3 Å². The van der Waals surface area contributed by atoms with Gasteiger partial charge in [-0.15, -0.1) is 0 Å². The fraction of sp³-hybridized carbons (Fsp3) is 0.316. The van der Waals surface area contributed by atoms with Crippen LogP contribution < -0.4 is 10.6 Å². The Kier molecular flexibility index (Phi) is 6.75. The number of hydrogen-bond donors (Lipinski definition) is 2. The highest BCUT2D eigenvalue weighted by atomic mass is 35.5. The highest BCUT2D eigenvalue weighted by molar-refractivity contribution is 6.30. The Morgan fingerprint density at radius 3 is 2.52 bits per heavy atom. The lowest BCUT2D eigenvalue weighted by Crippen LogP contribution is -2.41. The first kappa shape index (κ1) is 19.3. The monoisotopic (exact) mass is 388 g/mol. The third kappa shape index (κ3) is 5.75. The molecule has 0 unspecified atom stereocenters. The van der Waals surface area contributed by atoms with E-state index in [-0.39, 0.29) is 17.3 Å². The van der Waals surface area contributed by atoms with E-state index in [2.05, 4.69) is 20.5 Å². The van der Waals surface area contributed by atoms with Crippen molar-refractivity contribution < 1.29 is 14.3 Å². The van der Waals surface area contributed by atoms with Gasteiger partial charge in [0.15, 0.2) is 0 Å². The fourth-order valence-corrected chi connectivity index (χ4v) is 2.88. The summed E-state index contributed by atoms with van der Waals surface area (Å²) in [6.07, 6.45) is 0. The minimum atomic E-state index is -0.403. The van der Waals surface area contributed by atoms with Crippen molar-refractivity contribution in [2.75, 3.05) is 44.7 Å². The van der Waals surface area contributed by atoms with Crippen molar-refractivity contribution in [1.29, 1.82) is 0 Å². The number of pyridine rings is 1. The highest BCUT2D eigenvalue weighted by Crippen LogP contribution is 2.15. The molecule has 0 bridgehead atoms. The lowest BCUT2D eigenvalue weighted by molar-refractivity contribution is 0.0383. The van der Waals surface area contributed by atoms with E-state index in [1.165, 1.54) is 0 Å². The summed E-state index contributed by atoms with van der Waals surface area (Å²) < 4.78 is 5.30. The average molecular weight is 389 g/mol. The summed E-state index contributed by atoms with van der Waals surface area (Å²) >= 11 is 5.92. The van der Waals surface area contributed by atoms with Crippen molar-refractivity contribution >= 4 is 29.1 Å². The number of hydrogen-bond acceptors (Lipinski definition) is 5. The van der Waals surface area contributed by atoms with Crippen LogP contribution in [0.15, 0.2) is 42.5 Å². The second-order valence-corrected chi connectivity index (χ2v) is 6.52. The second kappa shape index (κ2) is 9.45. The van der Waals surface area contributed by atoms with Gasteiger partial charge in [-0.1, -0.05) is 23.7 Å². The number of amides is 2. The maximum Gasteiger partial charge on any atom is 0.274 e. The zero-order valence-electron chi connectivity index (χ0n) is 14.8. The Bertz CT molecular complexity index is 809. The quantitative estimate of drug-likeness (QED) is 0.791. The Hall–Kier alpha value is -2.48. The standard InChI is InChI=1S/C19H21ClN4O3/c20-14-3-1-4-15(13-14)22-19(26)17-6-2-5-16(23-17)18(25)21-7-8-24-9-11-27-12-10-24/h1-6,13H,7-12H2,(H,21,25)(H,22,26). The molecule has 1 aliphatic heterocycles. The average Bonchev–Trinajstić information content (AvgIpc) is 2.69. The number of benzene rings is 1. The van der Waals surface area contributed by atoms with Crippen molar-refractivity contribution in [3.05, 3.63) is 58.9 Å². The lowest BCUT2D eigenvalue weighted by Gasteiger charge is -2.26. The van der Waals surface area contributed by atoms with Gasteiger partial charge in [0.2, 0.25) is 0 Å². The van der Waals surface area contributed by atoms with Crippen LogP contribution in [-0.4, -0.2) is 61.1 Å². The molecular formula is C19H21ClN4O3. The Morgan fingerprint density at radius 1 is 1.07 bits per heavy atom. The van der Waals surface area contributed by atoms with Gasteiger partial charge in [-0.3, -0.25) is 14.5 Å². The smallest absolute Gasteiger partial charge is 0.274 e. The van der Waals surface area contributed by atoms with Crippen LogP contribution in [0.4, 0.5) is 5.69 Å². The van der Waals surface area contributed by atoms with Gasteiger partial charge in [0.1, 0.15) is 11.4 Å². The number of nitrogens with zero attached hydrogens (tertiary/aromatic N) is 2. The van der Waals surface area contributed by atoms with E-state index in [0.29, 0.717) is 17.3 Å².